The molecule has 164 valence electrons. The molecular weight excluding hydrogens is 328 g/mol. The molecule has 0 saturated heterocycles. The van der Waals surface area contributed by atoms with Crippen LogP contribution < -0.4 is 0 Å². The average molecular weight is 383 g/mol. The number of ether oxygens (including phenoxy) is 1. The fourth-order valence-corrected chi connectivity index (χ4v) is 3.80. The summed E-state index contributed by atoms with van der Waals surface area (Å²) in [5.74, 6) is 0.867. The topological polar surface area (TPSA) is 9.23 Å². The molecule has 1 atom stereocenters. The minimum Gasteiger partial charge on any atom is -0.376 e. The lowest BCUT2D eigenvalue weighted by atomic mass is 9.95. The van der Waals surface area contributed by atoms with Gasteiger partial charge in [-0.2, -0.15) is 0 Å². The van der Waals surface area contributed by atoms with Crippen LogP contribution in [0, 0.1) is 5.92 Å². The van der Waals surface area contributed by atoms with Gasteiger partial charge in [-0.15, -0.1) is 0 Å². The van der Waals surface area contributed by atoms with Crippen LogP contribution in [0.25, 0.3) is 0 Å². The largest absolute Gasteiger partial charge is 0.376 e. The molecule has 1 nitrogen and oxygen atoms in total. The van der Waals surface area contributed by atoms with Gasteiger partial charge in [0.05, 0.1) is 5.60 Å². The molecule has 0 aliphatic rings. The summed E-state index contributed by atoms with van der Waals surface area (Å²) >= 11 is 0. The van der Waals surface area contributed by atoms with E-state index in [-0.39, 0.29) is 5.60 Å². The summed E-state index contributed by atoms with van der Waals surface area (Å²) in [5, 5.41) is 0. The van der Waals surface area contributed by atoms with E-state index in [9.17, 15) is 0 Å². The summed E-state index contributed by atoms with van der Waals surface area (Å²) < 4.78 is 6.15. The Balaban J connectivity index is 3.27. The average Bonchev–Trinajstić information content (AvgIpc) is 2.64. The Hall–Kier alpha value is -0.0400. The molecular formula is C26H54O. The Labute approximate surface area is 173 Å². The summed E-state index contributed by atoms with van der Waals surface area (Å²) in [6.07, 6.45) is 25.0. The first kappa shape index (κ1) is 27.0. The highest BCUT2D eigenvalue weighted by molar-refractivity contribution is 4.69. The Kier molecular flexibility index (Phi) is 19.3. The second-order valence-electron chi connectivity index (χ2n) is 9.61. The van der Waals surface area contributed by atoms with Gasteiger partial charge < -0.3 is 4.74 Å². The van der Waals surface area contributed by atoms with Crippen LogP contribution in [-0.4, -0.2) is 12.2 Å². The molecule has 0 rings (SSSR count). The van der Waals surface area contributed by atoms with Gasteiger partial charge in [0.15, 0.2) is 0 Å². The maximum absolute atomic E-state index is 6.15. The molecule has 0 amide bonds. The van der Waals surface area contributed by atoms with E-state index in [0.29, 0.717) is 0 Å². The first-order valence-corrected chi connectivity index (χ1v) is 12.7. The molecule has 0 spiro atoms. The molecule has 0 fully saturated rings. The van der Waals surface area contributed by atoms with Crippen LogP contribution in [0.3, 0.4) is 0 Å². The second-order valence-corrected chi connectivity index (χ2v) is 9.61. The Bertz CT molecular complexity index is 284. The van der Waals surface area contributed by atoms with Crippen molar-refractivity contribution in [3.05, 3.63) is 0 Å². The van der Waals surface area contributed by atoms with Gasteiger partial charge >= 0.3 is 0 Å². The third-order valence-corrected chi connectivity index (χ3v) is 6.16. The predicted octanol–water partition coefficient (Wildman–Crippen LogP) is 9.48. The van der Waals surface area contributed by atoms with Crippen molar-refractivity contribution in [1.82, 2.24) is 0 Å². The van der Waals surface area contributed by atoms with Crippen molar-refractivity contribution in [3.8, 4) is 0 Å². The molecule has 0 N–H and O–H groups in total. The molecule has 0 aromatic rings. The first-order valence-electron chi connectivity index (χ1n) is 12.7. The summed E-state index contributed by atoms with van der Waals surface area (Å²) in [7, 11) is 0. The van der Waals surface area contributed by atoms with E-state index in [1.54, 1.807) is 0 Å². The molecule has 27 heavy (non-hydrogen) atoms. The standard InChI is InChI=1S/C26H54O/c1-6-8-9-10-11-12-13-14-15-16-17-18-19-20-24-27-26(4,5)23-21-22-25(3)7-2/h25H,6-24H2,1-5H3. The van der Waals surface area contributed by atoms with E-state index >= 15 is 0 Å². The minimum absolute atomic E-state index is 0.0734. The molecule has 0 bridgehead atoms. The van der Waals surface area contributed by atoms with Gasteiger partial charge in [0.1, 0.15) is 0 Å². The summed E-state index contributed by atoms with van der Waals surface area (Å²) in [5.41, 5.74) is 0.0734. The summed E-state index contributed by atoms with van der Waals surface area (Å²) in [6, 6.07) is 0. The number of unbranched alkanes of at least 4 members (excludes halogenated alkanes) is 13. The lowest BCUT2D eigenvalue weighted by Gasteiger charge is -2.26. The van der Waals surface area contributed by atoms with Crippen LogP contribution in [0.4, 0.5) is 0 Å². The van der Waals surface area contributed by atoms with Crippen molar-refractivity contribution < 1.29 is 4.74 Å². The number of hydrogen-bond donors (Lipinski definition) is 0. The Morgan fingerprint density at radius 1 is 0.630 bits per heavy atom. The van der Waals surface area contributed by atoms with E-state index < -0.39 is 0 Å². The van der Waals surface area contributed by atoms with Crippen molar-refractivity contribution in [1.29, 1.82) is 0 Å². The highest BCUT2D eigenvalue weighted by atomic mass is 16.5. The summed E-state index contributed by atoms with van der Waals surface area (Å²) in [6.45, 7) is 12.4. The number of rotatable bonds is 21. The van der Waals surface area contributed by atoms with Gasteiger partial charge in [0.2, 0.25) is 0 Å². The molecule has 0 aromatic heterocycles. The van der Waals surface area contributed by atoms with Crippen LogP contribution in [0.5, 0.6) is 0 Å². The Morgan fingerprint density at radius 2 is 1.07 bits per heavy atom. The molecule has 0 saturated carbocycles. The molecule has 1 unspecified atom stereocenters. The van der Waals surface area contributed by atoms with Crippen molar-refractivity contribution in [2.45, 2.75) is 156 Å². The van der Waals surface area contributed by atoms with Gasteiger partial charge in [0, 0.05) is 6.61 Å². The zero-order chi connectivity index (χ0) is 20.2. The van der Waals surface area contributed by atoms with Crippen LogP contribution in [0.2, 0.25) is 0 Å². The second kappa shape index (κ2) is 19.3. The third kappa shape index (κ3) is 20.5. The first-order chi connectivity index (χ1) is 13.0. The monoisotopic (exact) mass is 382 g/mol. The van der Waals surface area contributed by atoms with E-state index in [0.717, 1.165) is 12.5 Å². The maximum Gasteiger partial charge on any atom is 0.0626 e. The minimum atomic E-state index is 0.0734. The predicted molar refractivity (Wildman–Crippen MR) is 124 cm³/mol. The third-order valence-electron chi connectivity index (χ3n) is 6.16. The molecule has 0 radical (unpaired) electrons. The highest BCUT2D eigenvalue weighted by Crippen LogP contribution is 2.21. The highest BCUT2D eigenvalue weighted by Gasteiger charge is 2.17. The van der Waals surface area contributed by atoms with Crippen molar-refractivity contribution in [2.75, 3.05) is 6.61 Å². The molecule has 0 aliphatic heterocycles. The zero-order valence-corrected chi connectivity index (χ0v) is 19.9. The van der Waals surface area contributed by atoms with Crippen molar-refractivity contribution in [2.24, 2.45) is 5.92 Å². The molecule has 1 heteroatoms. The van der Waals surface area contributed by atoms with Crippen molar-refractivity contribution in [3.63, 3.8) is 0 Å². The molecule has 0 aliphatic carbocycles. The van der Waals surface area contributed by atoms with E-state index in [4.69, 9.17) is 4.74 Å². The van der Waals surface area contributed by atoms with Gasteiger partial charge in [-0.25, -0.2) is 0 Å². The quantitative estimate of drug-likeness (QED) is 0.180. The van der Waals surface area contributed by atoms with Crippen LogP contribution in [0.1, 0.15) is 150 Å². The lowest BCUT2D eigenvalue weighted by molar-refractivity contribution is -0.0271. The maximum atomic E-state index is 6.15. The SMILES string of the molecule is CCCCCCCCCCCCCCCCOC(C)(C)CCCC(C)CC. The van der Waals surface area contributed by atoms with E-state index in [1.165, 1.54) is 116 Å². The normalized spacial score (nSPS) is 13.2. The number of hydrogen-bond acceptors (Lipinski definition) is 1. The summed E-state index contributed by atoms with van der Waals surface area (Å²) in [4.78, 5) is 0. The Morgan fingerprint density at radius 3 is 1.52 bits per heavy atom. The van der Waals surface area contributed by atoms with Crippen LogP contribution >= 0.6 is 0 Å². The van der Waals surface area contributed by atoms with Gasteiger partial charge in [0.25, 0.3) is 0 Å². The van der Waals surface area contributed by atoms with Gasteiger partial charge in [-0.1, -0.05) is 124 Å². The molecule has 0 heterocycles. The fraction of sp³-hybridized carbons (Fsp3) is 1.00. The van der Waals surface area contributed by atoms with E-state index in [2.05, 4.69) is 34.6 Å². The zero-order valence-electron chi connectivity index (χ0n) is 19.9. The lowest BCUT2D eigenvalue weighted by Crippen LogP contribution is -2.25. The van der Waals surface area contributed by atoms with Crippen LogP contribution in [-0.2, 0) is 4.74 Å². The van der Waals surface area contributed by atoms with Crippen LogP contribution in [0.15, 0.2) is 0 Å². The van der Waals surface area contributed by atoms with Gasteiger partial charge in [-0.3, -0.25) is 0 Å². The van der Waals surface area contributed by atoms with Gasteiger partial charge in [-0.05, 0) is 32.6 Å². The smallest absolute Gasteiger partial charge is 0.0626 e. The molecule has 0 aromatic carbocycles. The fourth-order valence-electron chi connectivity index (χ4n) is 3.80. The van der Waals surface area contributed by atoms with E-state index in [1.807, 2.05) is 0 Å². The van der Waals surface area contributed by atoms with Crippen molar-refractivity contribution >= 4 is 0 Å².